The smallest absolute Gasteiger partial charge is 0.334 e. The summed E-state index contributed by atoms with van der Waals surface area (Å²) in [5.41, 5.74) is 0.203. The fourth-order valence-electron chi connectivity index (χ4n) is 3.84. The van der Waals surface area contributed by atoms with Crippen LogP contribution < -0.4 is 0 Å². The molecule has 2 aliphatic rings. The molecular weight excluding hydrogens is 324 g/mol. The van der Waals surface area contributed by atoms with Crippen LogP contribution in [0.3, 0.4) is 0 Å². The first kappa shape index (κ1) is 19.4. The zero-order valence-corrected chi connectivity index (χ0v) is 14.7. The number of hydrogen-bond acceptors (Lipinski definition) is 6. The first-order chi connectivity index (χ1) is 11.7. The van der Waals surface area contributed by atoms with Crippen LogP contribution in [0.1, 0.15) is 20.3 Å². The number of rotatable bonds is 6. The number of carbonyl (C=O) groups is 2. The quantitative estimate of drug-likeness (QED) is 0.427. The lowest BCUT2D eigenvalue weighted by molar-refractivity contribution is -0.167. The molecule has 6 heteroatoms. The van der Waals surface area contributed by atoms with E-state index >= 15 is 0 Å². The van der Waals surface area contributed by atoms with E-state index in [0.29, 0.717) is 12.0 Å². The summed E-state index contributed by atoms with van der Waals surface area (Å²) < 4.78 is 11.1. The molecule has 1 heterocycles. The minimum Gasteiger partial charge on any atom is -0.461 e. The van der Waals surface area contributed by atoms with Crippen molar-refractivity contribution in [1.29, 1.82) is 0 Å². The van der Waals surface area contributed by atoms with Gasteiger partial charge in [-0.15, -0.1) is 6.58 Å². The van der Waals surface area contributed by atoms with Crippen LogP contribution >= 0.6 is 0 Å². The highest BCUT2D eigenvalue weighted by Crippen LogP contribution is 2.53. The molecule has 6 atom stereocenters. The second-order valence-electron chi connectivity index (χ2n) is 7.19. The molecule has 0 radical (unpaired) electrons. The largest absolute Gasteiger partial charge is 0.461 e. The van der Waals surface area contributed by atoms with Gasteiger partial charge in [-0.1, -0.05) is 26.2 Å². The SMILES string of the molecule is C=C[C@]1(C)C[C@H](OC(=O)[C@H](C)CO)[C@H]2C(=C)C(=O)O[C@@H]2[C@H]1C(=C)CO. The summed E-state index contributed by atoms with van der Waals surface area (Å²) in [5.74, 6) is -2.60. The van der Waals surface area contributed by atoms with Gasteiger partial charge in [0.05, 0.1) is 25.0 Å². The van der Waals surface area contributed by atoms with Gasteiger partial charge in [0, 0.05) is 11.5 Å². The fourth-order valence-corrected chi connectivity index (χ4v) is 3.84. The van der Waals surface area contributed by atoms with Crippen molar-refractivity contribution in [2.24, 2.45) is 23.2 Å². The van der Waals surface area contributed by atoms with Crippen molar-refractivity contribution in [2.45, 2.75) is 32.5 Å². The summed E-state index contributed by atoms with van der Waals surface area (Å²) in [4.78, 5) is 24.3. The molecule has 0 bridgehead atoms. The van der Waals surface area contributed by atoms with Crippen molar-refractivity contribution >= 4 is 11.9 Å². The van der Waals surface area contributed by atoms with Crippen LogP contribution in [0.5, 0.6) is 0 Å². The van der Waals surface area contributed by atoms with Gasteiger partial charge in [0.1, 0.15) is 12.2 Å². The molecule has 1 saturated heterocycles. The summed E-state index contributed by atoms with van der Waals surface area (Å²) in [6, 6.07) is 0. The van der Waals surface area contributed by atoms with Gasteiger partial charge in [0.25, 0.3) is 0 Å². The van der Waals surface area contributed by atoms with Gasteiger partial charge in [0.15, 0.2) is 0 Å². The number of aliphatic hydroxyl groups is 2. The molecule has 2 N–H and O–H groups in total. The van der Waals surface area contributed by atoms with Gasteiger partial charge in [-0.05, 0) is 24.3 Å². The number of fused-ring (bicyclic) bond motifs is 1. The highest BCUT2D eigenvalue weighted by atomic mass is 16.6. The Balaban J connectivity index is 2.41. The van der Waals surface area contributed by atoms with Crippen molar-refractivity contribution in [3.8, 4) is 0 Å². The maximum absolute atomic E-state index is 12.2. The lowest BCUT2D eigenvalue weighted by Gasteiger charge is -2.48. The molecular formula is C19H26O6. The van der Waals surface area contributed by atoms with Gasteiger partial charge in [-0.2, -0.15) is 0 Å². The van der Waals surface area contributed by atoms with E-state index in [2.05, 4.69) is 19.7 Å². The average Bonchev–Trinajstić information content (AvgIpc) is 2.88. The van der Waals surface area contributed by atoms with Gasteiger partial charge in [-0.3, -0.25) is 4.79 Å². The maximum Gasteiger partial charge on any atom is 0.334 e. The topological polar surface area (TPSA) is 93.1 Å². The third-order valence-electron chi connectivity index (χ3n) is 5.40. The standard InChI is InChI=1S/C19H26O6/c1-6-19(5)7-13(24-17(22)11(3)9-21)14-12(4)18(23)25-16(14)15(19)10(2)8-20/h6,11,13-16,20-21H,1-2,4,7-9H2,3,5H3/t11-,13+,14-,15-,16+,19-/m1/s1. The summed E-state index contributed by atoms with van der Waals surface area (Å²) in [5, 5.41) is 18.7. The summed E-state index contributed by atoms with van der Waals surface area (Å²) in [7, 11) is 0. The van der Waals surface area contributed by atoms with Crippen molar-refractivity contribution in [3.05, 3.63) is 37.0 Å². The van der Waals surface area contributed by atoms with E-state index in [-0.39, 0.29) is 24.7 Å². The van der Waals surface area contributed by atoms with E-state index in [0.717, 1.165) is 0 Å². The van der Waals surface area contributed by atoms with E-state index in [1.807, 2.05) is 6.92 Å². The Hall–Kier alpha value is -1.92. The van der Waals surface area contributed by atoms with Gasteiger partial charge in [-0.25, -0.2) is 4.79 Å². The molecule has 0 aromatic rings. The predicted molar refractivity (Wildman–Crippen MR) is 91.3 cm³/mol. The highest BCUT2D eigenvalue weighted by molar-refractivity contribution is 5.91. The predicted octanol–water partition coefficient (Wildman–Crippen LogP) is 1.39. The molecule has 2 rings (SSSR count). The highest BCUT2D eigenvalue weighted by Gasteiger charge is 2.58. The Bertz CT molecular complexity index is 609. The summed E-state index contributed by atoms with van der Waals surface area (Å²) in [6.45, 7) is 14.5. The Morgan fingerprint density at radius 3 is 2.68 bits per heavy atom. The number of hydrogen-bond donors (Lipinski definition) is 2. The van der Waals surface area contributed by atoms with Crippen molar-refractivity contribution in [2.75, 3.05) is 13.2 Å². The summed E-state index contributed by atoms with van der Waals surface area (Å²) in [6.07, 6.45) is 0.857. The first-order valence-electron chi connectivity index (χ1n) is 8.33. The molecule has 0 unspecified atom stereocenters. The van der Waals surface area contributed by atoms with Crippen molar-refractivity contribution in [1.82, 2.24) is 0 Å². The molecule has 1 aliphatic carbocycles. The molecule has 138 valence electrons. The van der Waals surface area contributed by atoms with Crippen LogP contribution in [0, 0.1) is 23.2 Å². The van der Waals surface area contributed by atoms with Crippen LogP contribution in [0.2, 0.25) is 0 Å². The first-order valence-corrected chi connectivity index (χ1v) is 8.33. The minimum atomic E-state index is -0.662. The zero-order chi connectivity index (χ0) is 18.9. The van der Waals surface area contributed by atoms with Crippen LogP contribution in [0.25, 0.3) is 0 Å². The van der Waals surface area contributed by atoms with Crippen LogP contribution in [-0.2, 0) is 19.1 Å². The molecule has 0 aromatic carbocycles. The number of ether oxygens (including phenoxy) is 2. The molecule has 25 heavy (non-hydrogen) atoms. The second kappa shape index (κ2) is 7.14. The van der Waals surface area contributed by atoms with Crippen molar-refractivity contribution < 1.29 is 29.3 Å². The maximum atomic E-state index is 12.2. The van der Waals surface area contributed by atoms with Crippen LogP contribution in [0.15, 0.2) is 37.0 Å². The molecule has 1 saturated carbocycles. The molecule has 6 nitrogen and oxygen atoms in total. The van der Waals surface area contributed by atoms with Crippen LogP contribution in [0.4, 0.5) is 0 Å². The van der Waals surface area contributed by atoms with Gasteiger partial charge < -0.3 is 19.7 Å². The monoisotopic (exact) mass is 350 g/mol. The molecule has 1 aliphatic heterocycles. The van der Waals surface area contributed by atoms with Crippen molar-refractivity contribution in [3.63, 3.8) is 0 Å². The number of esters is 2. The lowest BCUT2D eigenvalue weighted by atomic mass is 9.59. The summed E-state index contributed by atoms with van der Waals surface area (Å²) >= 11 is 0. The Labute approximate surface area is 147 Å². The number of carbonyl (C=O) groups excluding carboxylic acids is 2. The third-order valence-corrected chi connectivity index (χ3v) is 5.40. The zero-order valence-electron chi connectivity index (χ0n) is 14.7. The second-order valence-corrected chi connectivity index (χ2v) is 7.19. The average molecular weight is 350 g/mol. The Morgan fingerprint density at radius 2 is 2.16 bits per heavy atom. The van der Waals surface area contributed by atoms with E-state index in [1.54, 1.807) is 13.0 Å². The lowest BCUT2D eigenvalue weighted by Crippen LogP contribution is -2.52. The fraction of sp³-hybridized carbons (Fsp3) is 0.579. The minimum absolute atomic E-state index is 0.243. The van der Waals surface area contributed by atoms with Gasteiger partial charge in [0.2, 0.25) is 0 Å². The van der Waals surface area contributed by atoms with E-state index in [4.69, 9.17) is 14.6 Å². The number of allylic oxidation sites excluding steroid dienone is 1. The van der Waals surface area contributed by atoms with E-state index < -0.39 is 41.4 Å². The van der Waals surface area contributed by atoms with E-state index in [9.17, 15) is 14.7 Å². The normalized spacial score (nSPS) is 35.5. The number of aliphatic hydroxyl groups excluding tert-OH is 2. The molecule has 0 spiro atoms. The Kier molecular flexibility index (Phi) is 5.54. The third kappa shape index (κ3) is 3.28. The van der Waals surface area contributed by atoms with Crippen LogP contribution in [-0.4, -0.2) is 47.6 Å². The molecule has 0 aromatic heterocycles. The Morgan fingerprint density at radius 1 is 1.52 bits per heavy atom. The molecule has 2 fully saturated rings. The van der Waals surface area contributed by atoms with E-state index in [1.165, 1.54) is 0 Å². The van der Waals surface area contributed by atoms with Gasteiger partial charge >= 0.3 is 11.9 Å². The molecule has 0 amide bonds.